The van der Waals surface area contributed by atoms with Crippen LogP contribution in [0.2, 0.25) is 0 Å². The molecule has 3 aromatic rings. The maximum absolute atomic E-state index is 2.47. The Balaban J connectivity index is 0.00000363. The van der Waals surface area contributed by atoms with E-state index >= 15 is 0 Å². The van der Waals surface area contributed by atoms with E-state index in [0.29, 0.717) is 0 Å². The number of hydrogen-bond donors (Lipinski definition) is 0. The molecular weight excluding hydrogens is 471 g/mol. The van der Waals surface area contributed by atoms with Crippen LogP contribution in [-0.2, 0) is 0 Å². The van der Waals surface area contributed by atoms with Crippen LogP contribution in [0, 0.1) is 0 Å². The van der Waals surface area contributed by atoms with Crippen molar-refractivity contribution in [2.45, 2.75) is 58.3 Å². The standard InChI is InChI=1S/C30H38P.BrH/c1-2-3-4-5-6-7-8-9-10-20-27-31(28-21-14-11-15-22-28,29-23-16-12-17-24-29)30-25-18-13-19-26-30;/h10-26H,2-9,27H2,1H3;1H/q+1;/p-1. The van der Waals surface area contributed by atoms with E-state index in [1.54, 1.807) is 0 Å². The molecule has 0 aliphatic heterocycles. The Kier molecular flexibility index (Phi) is 12.6. The topological polar surface area (TPSA) is 0 Å². The number of allylic oxidation sites excluding steroid dienone is 2. The van der Waals surface area contributed by atoms with E-state index in [1.807, 2.05) is 0 Å². The van der Waals surface area contributed by atoms with Crippen LogP contribution in [0.1, 0.15) is 58.3 Å². The van der Waals surface area contributed by atoms with Crippen LogP contribution in [0.25, 0.3) is 0 Å². The van der Waals surface area contributed by atoms with Crippen LogP contribution in [-0.4, -0.2) is 6.16 Å². The lowest BCUT2D eigenvalue weighted by molar-refractivity contribution is -0.00000625. The van der Waals surface area contributed by atoms with Crippen molar-refractivity contribution in [3.05, 3.63) is 103 Å². The van der Waals surface area contributed by atoms with Crippen LogP contribution in [0.5, 0.6) is 0 Å². The van der Waals surface area contributed by atoms with Crippen LogP contribution in [0.15, 0.2) is 103 Å². The summed E-state index contributed by atoms with van der Waals surface area (Å²) >= 11 is 0. The second kappa shape index (κ2) is 15.2. The maximum atomic E-state index is 2.47. The molecule has 170 valence electrons. The predicted octanol–water partition coefficient (Wildman–Crippen LogP) is 4.68. The Bertz CT molecular complexity index is 778. The zero-order valence-corrected chi connectivity index (χ0v) is 22.0. The fourth-order valence-corrected chi connectivity index (χ4v) is 8.42. The highest BCUT2D eigenvalue weighted by Gasteiger charge is 2.43. The summed E-state index contributed by atoms with van der Waals surface area (Å²) in [5.41, 5.74) is 0. The van der Waals surface area contributed by atoms with Crippen molar-refractivity contribution >= 4 is 23.2 Å². The summed E-state index contributed by atoms with van der Waals surface area (Å²) in [7, 11) is -1.71. The minimum Gasteiger partial charge on any atom is -1.00 e. The second-order valence-electron chi connectivity index (χ2n) is 8.38. The van der Waals surface area contributed by atoms with Gasteiger partial charge in [-0.1, -0.05) is 112 Å². The fourth-order valence-electron chi connectivity index (χ4n) is 4.38. The summed E-state index contributed by atoms with van der Waals surface area (Å²) in [6.07, 6.45) is 16.8. The number of rotatable bonds is 13. The molecule has 0 aromatic heterocycles. The van der Waals surface area contributed by atoms with Gasteiger partial charge in [-0.05, 0) is 49.2 Å². The summed E-state index contributed by atoms with van der Waals surface area (Å²) < 4.78 is 0. The number of unbranched alkanes of at least 4 members (excludes halogenated alkanes) is 7. The quantitative estimate of drug-likeness (QED) is 0.178. The van der Waals surface area contributed by atoms with Gasteiger partial charge in [0.25, 0.3) is 0 Å². The normalized spacial score (nSPS) is 11.4. The Labute approximate surface area is 207 Å². The monoisotopic (exact) mass is 508 g/mol. The smallest absolute Gasteiger partial charge is 0.115 e. The van der Waals surface area contributed by atoms with Gasteiger partial charge < -0.3 is 17.0 Å². The van der Waals surface area contributed by atoms with E-state index in [-0.39, 0.29) is 17.0 Å². The molecule has 32 heavy (non-hydrogen) atoms. The Morgan fingerprint density at radius 2 is 0.938 bits per heavy atom. The molecule has 3 rings (SSSR count). The van der Waals surface area contributed by atoms with Gasteiger partial charge in [-0.15, -0.1) is 0 Å². The third-order valence-electron chi connectivity index (χ3n) is 6.11. The van der Waals surface area contributed by atoms with E-state index in [4.69, 9.17) is 0 Å². The molecule has 0 amide bonds. The van der Waals surface area contributed by atoms with Gasteiger partial charge in [-0.25, -0.2) is 0 Å². The fraction of sp³-hybridized carbons (Fsp3) is 0.333. The highest BCUT2D eigenvalue weighted by atomic mass is 79.9. The largest absolute Gasteiger partial charge is 1.00 e. The van der Waals surface area contributed by atoms with Gasteiger partial charge in [-0.2, -0.15) is 0 Å². The number of hydrogen-bond acceptors (Lipinski definition) is 0. The van der Waals surface area contributed by atoms with Crippen LogP contribution < -0.4 is 32.9 Å². The Morgan fingerprint density at radius 1 is 0.531 bits per heavy atom. The summed E-state index contributed by atoms with van der Waals surface area (Å²) in [6, 6.07) is 33.5. The average Bonchev–Trinajstić information content (AvgIpc) is 2.84. The van der Waals surface area contributed by atoms with Gasteiger partial charge in [0, 0.05) is 0 Å². The average molecular weight is 510 g/mol. The molecule has 0 nitrogen and oxygen atoms in total. The van der Waals surface area contributed by atoms with Gasteiger partial charge in [0.2, 0.25) is 0 Å². The van der Waals surface area contributed by atoms with Gasteiger partial charge in [0.1, 0.15) is 23.2 Å². The molecule has 2 heteroatoms. The molecule has 0 atom stereocenters. The highest BCUT2D eigenvalue weighted by molar-refractivity contribution is 7.95. The third kappa shape index (κ3) is 7.43. The van der Waals surface area contributed by atoms with Crippen molar-refractivity contribution in [1.82, 2.24) is 0 Å². The van der Waals surface area contributed by atoms with Gasteiger partial charge in [0.05, 0.1) is 6.16 Å². The molecule has 0 radical (unpaired) electrons. The van der Waals surface area contributed by atoms with Crippen LogP contribution >= 0.6 is 7.26 Å². The molecule has 0 unspecified atom stereocenters. The minimum absolute atomic E-state index is 0. The molecule has 0 saturated carbocycles. The molecular formula is C30H38BrP. The number of halogens is 1. The van der Waals surface area contributed by atoms with E-state index in [9.17, 15) is 0 Å². The molecule has 0 bridgehead atoms. The van der Waals surface area contributed by atoms with Crippen LogP contribution in [0.3, 0.4) is 0 Å². The summed E-state index contributed by atoms with van der Waals surface area (Å²) in [5.74, 6) is 0. The van der Waals surface area contributed by atoms with Gasteiger partial charge in [-0.3, -0.25) is 0 Å². The highest BCUT2D eigenvalue weighted by Crippen LogP contribution is 2.55. The molecule has 0 fully saturated rings. The van der Waals surface area contributed by atoms with E-state index in [0.717, 1.165) is 6.16 Å². The molecule has 0 heterocycles. The van der Waals surface area contributed by atoms with Crippen molar-refractivity contribution in [1.29, 1.82) is 0 Å². The van der Waals surface area contributed by atoms with Crippen LogP contribution in [0.4, 0.5) is 0 Å². The summed E-state index contributed by atoms with van der Waals surface area (Å²) in [4.78, 5) is 0. The van der Waals surface area contributed by atoms with Crippen molar-refractivity contribution in [3.63, 3.8) is 0 Å². The molecule has 0 saturated heterocycles. The first kappa shape index (κ1) is 26.6. The summed E-state index contributed by atoms with van der Waals surface area (Å²) in [6.45, 7) is 2.29. The Hall–Kier alpha value is -1.69. The minimum atomic E-state index is -1.71. The SMILES string of the molecule is CCCCCCCCCC=CC[P+](c1ccccc1)(c1ccccc1)c1ccccc1.[Br-]. The lowest BCUT2D eigenvalue weighted by Gasteiger charge is -2.26. The molecule has 3 aromatic carbocycles. The maximum Gasteiger partial charge on any atom is 0.115 e. The first-order valence-corrected chi connectivity index (χ1v) is 14.1. The van der Waals surface area contributed by atoms with Crippen molar-refractivity contribution in [2.24, 2.45) is 0 Å². The second-order valence-corrected chi connectivity index (χ2v) is 11.9. The molecule has 0 aliphatic carbocycles. The summed E-state index contributed by atoms with van der Waals surface area (Å²) in [5, 5.41) is 4.40. The van der Waals surface area contributed by atoms with E-state index < -0.39 is 7.26 Å². The van der Waals surface area contributed by atoms with Gasteiger partial charge >= 0.3 is 0 Å². The lowest BCUT2D eigenvalue weighted by Crippen LogP contribution is -3.00. The van der Waals surface area contributed by atoms with Crippen molar-refractivity contribution in [2.75, 3.05) is 6.16 Å². The van der Waals surface area contributed by atoms with Gasteiger partial charge in [0.15, 0.2) is 0 Å². The first-order valence-electron chi connectivity index (χ1n) is 12.1. The predicted molar refractivity (Wildman–Crippen MR) is 142 cm³/mol. The number of benzene rings is 3. The molecule has 0 aliphatic rings. The zero-order valence-electron chi connectivity index (χ0n) is 19.5. The van der Waals surface area contributed by atoms with E-state index in [2.05, 4.69) is 110 Å². The lowest BCUT2D eigenvalue weighted by atomic mass is 10.1. The van der Waals surface area contributed by atoms with Crippen molar-refractivity contribution < 1.29 is 17.0 Å². The third-order valence-corrected chi connectivity index (χ3v) is 10.4. The molecule has 0 N–H and O–H groups in total. The van der Waals surface area contributed by atoms with E-state index in [1.165, 1.54) is 67.3 Å². The first-order chi connectivity index (χ1) is 15.4. The zero-order chi connectivity index (χ0) is 21.6. The van der Waals surface area contributed by atoms with Crippen molar-refractivity contribution in [3.8, 4) is 0 Å². The molecule has 0 spiro atoms. The Morgan fingerprint density at radius 3 is 1.38 bits per heavy atom.